The van der Waals surface area contributed by atoms with Gasteiger partial charge in [-0.1, -0.05) is 25.1 Å². The number of amides is 1. The third-order valence-electron chi connectivity index (χ3n) is 7.06. The highest BCUT2D eigenvalue weighted by Crippen LogP contribution is 2.67. The van der Waals surface area contributed by atoms with Crippen LogP contribution in [0.25, 0.3) is 10.9 Å². The van der Waals surface area contributed by atoms with Crippen LogP contribution in [0, 0.1) is 23.6 Å². The van der Waals surface area contributed by atoms with Crippen LogP contribution < -0.4 is 5.73 Å². The Labute approximate surface area is 169 Å². The van der Waals surface area contributed by atoms with Gasteiger partial charge >= 0.3 is 0 Å². The number of fused-ring (bicyclic) bond motifs is 2. The Morgan fingerprint density at radius 2 is 1.93 bits per heavy atom. The SMILES string of the molecule is CC[C@@H](c1ccccc1C(N)=O)C1[C@@H]2CC(c3ncnc4ccc(F)cc34)C[C@@H]12. The number of hydrogen-bond acceptors (Lipinski definition) is 3. The van der Waals surface area contributed by atoms with Gasteiger partial charge in [-0.05, 0) is 72.8 Å². The fraction of sp³-hybridized carbons (Fsp3) is 0.375. The number of rotatable bonds is 5. The van der Waals surface area contributed by atoms with E-state index in [4.69, 9.17) is 5.73 Å². The van der Waals surface area contributed by atoms with Crippen molar-refractivity contribution in [3.05, 3.63) is 71.4 Å². The van der Waals surface area contributed by atoms with Crippen molar-refractivity contribution in [1.29, 1.82) is 0 Å². The zero-order valence-corrected chi connectivity index (χ0v) is 16.4. The molecule has 0 radical (unpaired) electrons. The molecule has 0 unspecified atom stereocenters. The van der Waals surface area contributed by atoms with Crippen LogP contribution in [0.5, 0.6) is 0 Å². The molecule has 2 saturated carbocycles. The standard InChI is InChI=1S/C24H24FN3O/c1-2-15(16-5-3-4-6-17(16)24(26)29)22-18-9-13(10-19(18)22)23-20-11-14(25)7-8-21(20)27-12-28-23/h3-8,11-13,15,18-19,22H,2,9-10H2,1H3,(H2,26,29)/t13?,15-,18+,19+,22?/m0/s1. The zero-order valence-electron chi connectivity index (χ0n) is 16.4. The number of aromatic nitrogens is 2. The van der Waals surface area contributed by atoms with Crippen LogP contribution >= 0.6 is 0 Å². The maximum absolute atomic E-state index is 13.8. The number of benzene rings is 2. The molecule has 2 aromatic carbocycles. The average Bonchev–Trinajstić information content (AvgIpc) is 3.19. The summed E-state index contributed by atoms with van der Waals surface area (Å²) >= 11 is 0. The van der Waals surface area contributed by atoms with Crippen molar-refractivity contribution in [3.8, 4) is 0 Å². The predicted octanol–water partition coefficient (Wildman–Crippen LogP) is 4.80. The highest BCUT2D eigenvalue weighted by Gasteiger charge is 2.59. The van der Waals surface area contributed by atoms with Crippen molar-refractivity contribution in [2.75, 3.05) is 0 Å². The number of nitrogens with zero attached hydrogens (tertiary/aromatic N) is 2. The quantitative estimate of drug-likeness (QED) is 0.681. The minimum absolute atomic E-state index is 0.247. The summed E-state index contributed by atoms with van der Waals surface area (Å²) in [6.07, 6.45) is 4.71. The summed E-state index contributed by atoms with van der Waals surface area (Å²) in [4.78, 5) is 20.7. The summed E-state index contributed by atoms with van der Waals surface area (Å²) in [5, 5.41) is 0.835. The van der Waals surface area contributed by atoms with Gasteiger partial charge in [-0.3, -0.25) is 4.79 Å². The number of carbonyl (C=O) groups excluding carboxylic acids is 1. The Balaban J connectivity index is 1.39. The predicted molar refractivity (Wildman–Crippen MR) is 110 cm³/mol. The number of nitrogens with two attached hydrogens (primary N) is 1. The highest BCUT2D eigenvalue weighted by atomic mass is 19.1. The van der Waals surface area contributed by atoms with Crippen LogP contribution in [-0.2, 0) is 0 Å². The summed E-state index contributed by atoms with van der Waals surface area (Å²) < 4.78 is 13.8. The molecule has 1 aromatic heterocycles. The second-order valence-corrected chi connectivity index (χ2v) is 8.46. The maximum Gasteiger partial charge on any atom is 0.248 e. The largest absolute Gasteiger partial charge is 0.366 e. The molecule has 5 heteroatoms. The van der Waals surface area contributed by atoms with E-state index < -0.39 is 0 Å². The van der Waals surface area contributed by atoms with Gasteiger partial charge in [0.1, 0.15) is 12.1 Å². The van der Waals surface area contributed by atoms with Crippen LogP contribution in [0.15, 0.2) is 48.8 Å². The van der Waals surface area contributed by atoms with Gasteiger partial charge in [0.05, 0.1) is 11.2 Å². The molecule has 2 aliphatic rings. The first-order valence-corrected chi connectivity index (χ1v) is 10.4. The minimum Gasteiger partial charge on any atom is -0.366 e. The lowest BCUT2D eigenvalue weighted by atomic mass is 9.82. The fourth-order valence-electron chi connectivity index (χ4n) is 5.83. The molecular weight excluding hydrogens is 365 g/mol. The molecule has 0 saturated heterocycles. The molecule has 0 bridgehead atoms. The first kappa shape index (κ1) is 18.2. The number of halogens is 1. The number of primary amides is 1. The summed E-state index contributed by atoms with van der Waals surface area (Å²) in [6.45, 7) is 2.19. The lowest BCUT2D eigenvalue weighted by Gasteiger charge is -2.22. The van der Waals surface area contributed by atoms with E-state index in [0.717, 1.165) is 41.4 Å². The molecule has 148 valence electrons. The summed E-state index contributed by atoms with van der Waals surface area (Å²) in [5.74, 6) is 1.95. The van der Waals surface area contributed by atoms with Crippen molar-refractivity contribution in [2.24, 2.45) is 23.5 Å². The van der Waals surface area contributed by atoms with E-state index >= 15 is 0 Å². The van der Waals surface area contributed by atoms with Gasteiger partial charge in [-0.2, -0.15) is 0 Å². The van der Waals surface area contributed by atoms with E-state index in [1.165, 1.54) is 6.07 Å². The van der Waals surface area contributed by atoms with Crippen molar-refractivity contribution >= 4 is 16.8 Å². The van der Waals surface area contributed by atoms with E-state index in [2.05, 4.69) is 23.0 Å². The van der Waals surface area contributed by atoms with Crippen molar-refractivity contribution < 1.29 is 9.18 Å². The van der Waals surface area contributed by atoms with Gasteiger partial charge in [-0.25, -0.2) is 14.4 Å². The van der Waals surface area contributed by atoms with Gasteiger partial charge in [0.15, 0.2) is 0 Å². The van der Waals surface area contributed by atoms with E-state index in [1.54, 1.807) is 18.5 Å². The van der Waals surface area contributed by atoms with Gasteiger partial charge in [0.2, 0.25) is 5.91 Å². The Hall–Kier alpha value is -2.82. The monoisotopic (exact) mass is 389 g/mol. The van der Waals surface area contributed by atoms with Crippen LogP contribution in [0.4, 0.5) is 4.39 Å². The molecule has 1 amide bonds. The third-order valence-corrected chi connectivity index (χ3v) is 7.06. The topological polar surface area (TPSA) is 68.9 Å². The van der Waals surface area contributed by atoms with E-state index in [1.807, 2.05) is 18.2 Å². The van der Waals surface area contributed by atoms with Crippen molar-refractivity contribution in [2.45, 2.75) is 38.0 Å². The number of carbonyl (C=O) groups is 1. The van der Waals surface area contributed by atoms with Gasteiger partial charge in [-0.15, -0.1) is 0 Å². The van der Waals surface area contributed by atoms with E-state index in [9.17, 15) is 9.18 Å². The van der Waals surface area contributed by atoms with Gasteiger partial charge in [0, 0.05) is 16.9 Å². The zero-order chi connectivity index (χ0) is 20.1. The van der Waals surface area contributed by atoms with Crippen molar-refractivity contribution in [1.82, 2.24) is 9.97 Å². The van der Waals surface area contributed by atoms with Crippen molar-refractivity contribution in [3.63, 3.8) is 0 Å². The molecule has 2 aliphatic carbocycles. The lowest BCUT2D eigenvalue weighted by molar-refractivity contribution is 0.0998. The Morgan fingerprint density at radius 1 is 1.17 bits per heavy atom. The normalized spacial score (nSPS) is 24.4. The summed E-state index contributed by atoms with van der Waals surface area (Å²) in [6, 6.07) is 12.5. The molecule has 1 heterocycles. The molecule has 0 spiro atoms. The fourth-order valence-corrected chi connectivity index (χ4v) is 5.83. The molecule has 2 N–H and O–H groups in total. The molecular formula is C24H24FN3O. The average molecular weight is 389 g/mol. The molecule has 29 heavy (non-hydrogen) atoms. The second kappa shape index (κ2) is 6.90. The molecule has 5 rings (SSSR count). The Morgan fingerprint density at radius 3 is 2.66 bits per heavy atom. The summed E-state index contributed by atoms with van der Waals surface area (Å²) in [7, 11) is 0. The van der Waals surface area contributed by atoms with E-state index in [0.29, 0.717) is 35.2 Å². The van der Waals surface area contributed by atoms with Gasteiger partial charge < -0.3 is 5.73 Å². The first-order chi connectivity index (χ1) is 14.1. The summed E-state index contributed by atoms with van der Waals surface area (Å²) in [5.41, 5.74) is 9.14. The molecule has 2 fully saturated rings. The Kier molecular flexibility index (Phi) is 4.34. The smallest absolute Gasteiger partial charge is 0.248 e. The maximum atomic E-state index is 13.8. The second-order valence-electron chi connectivity index (χ2n) is 8.46. The van der Waals surface area contributed by atoms with Crippen LogP contribution in [0.3, 0.4) is 0 Å². The molecule has 3 atom stereocenters. The number of hydrogen-bond donors (Lipinski definition) is 1. The molecule has 3 aromatic rings. The highest BCUT2D eigenvalue weighted by molar-refractivity contribution is 5.94. The first-order valence-electron chi connectivity index (χ1n) is 10.4. The third kappa shape index (κ3) is 3.00. The van der Waals surface area contributed by atoms with Gasteiger partial charge in [0.25, 0.3) is 0 Å². The lowest BCUT2D eigenvalue weighted by Crippen LogP contribution is -2.17. The van der Waals surface area contributed by atoms with E-state index in [-0.39, 0.29) is 11.7 Å². The van der Waals surface area contributed by atoms with Crippen LogP contribution in [0.1, 0.15) is 59.6 Å². The van der Waals surface area contributed by atoms with Crippen LogP contribution in [0.2, 0.25) is 0 Å². The van der Waals surface area contributed by atoms with Crippen LogP contribution in [-0.4, -0.2) is 15.9 Å². The molecule has 4 nitrogen and oxygen atoms in total. The Bertz CT molecular complexity index is 1090. The minimum atomic E-state index is -0.350. The molecule has 0 aliphatic heterocycles.